The van der Waals surface area contributed by atoms with E-state index in [1.807, 2.05) is 32.1 Å². The van der Waals surface area contributed by atoms with E-state index in [0.29, 0.717) is 0 Å². The molecule has 0 radical (unpaired) electrons. The van der Waals surface area contributed by atoms with Crippen LogP contribution in [0.1, 0.15) is 34.1 Å². The summed E-state index contributed by atoms with van der Waals surface area (Å²) in [6.07, 6.45) is 9.13. The van der Waals surface area contributed by atoms with Crippen LogP contribution in [-0.4, -0.2) is 0 Å². The molecule has 1 rings (SSSR count). The molecule has 102 valence electrons. The van der Waals surface area contributed by atoms with Gasteiger partial charge in [-0.2, -0.15) is 0 Å². The second-order valence-electron chi connectivity index (χ2n) is 4.37. The molecule has 19 heavy (non-hydrogen) atoms. The van der Waals surface area contributed by atoms with Crippen LogP contribution >= 0.6 is 0 Å². The normalized spacial score (nSPS) is 12.7. The molecule has 0 nitrogen and oxygen atoms in total. The third-order valence-electron chi connectivity index (χ3n) is 2.42. The number of rotatable bonds is 3. The highest BCUT2D eigenvalue weighted by molar-refractivity contribution is 5.71. The minimum atomic E-state index is 1.06. The van der Waals surface area contributed by atoms with Crippen LogP contribution in [0.25, 0.3) is 11.6 Å². The Morgan fingerprint density at radius 2 is 1.79 bits per heavy atom. The molecule has 0 fully saturated rings. The Balaban J connectivity index is 0.000000982. The standard InChI is InChI=1S/C16H18.C3H8/c1-5-7-11-15(13(3)4)16-12-9-8-10-14(16)6-2;1-3-2/h5-12H,1,3H2,2,4H3;3H2,1-2H3/b11-7-,14-6-,16-15-;. The van der Waals surface area contributed by atoms with Crippen molar-refractivity contribution in [3.05, 3.63) is 71.7 Å². The van der Waals surface area contributed by atoms with Gasteiger partial charge >= 0.3 is 0 Å². The maximum Gasteiger partial charge on any atom is -0.0112 e. The van der Waals surface area contributed by atoms with Gasteiger partial charge in [-0.25, -0.2) is 0 Å². The van der Waals surface area contributed by atoms with Crippen LogP contribution in [0.3, 0.4) is 0 Å². The maximum atomic E-state index is 4.02. The molecule has 0 aliphatic heterocycles. The van der Waals surface area contributed by atoms with Gasteiger partial charge in [-0.3, -0.25) is 0 Å². The fourth-order valence-electron chi connectivity index (χ4n) is 1.62. The Morgan fingerprint density at radius 1 is 1.21 bits per heavy atom. The van der Waals surface area contributed by atoms with E-state index in [0.717, 1.165) is 11.1 Å². The molecule has 0 saturated carbocycles. The van der Waals surface area contributed by atoms with Gasteiger partial charge in [0.25, 0.3) is 0 Å². The minimum absolute atomic E-state index is 1.06. The summed E-state index contributed by atoms with van der Waals surface area (Å²) < 4.78 is 0. The molecule has 0 saturated heterocycles. The Morgan fingerprint density at radius 3 is 2.26 bits per heavy atom. The van der Waals surface area contributed by atoms with Gasteiger partial charge < -0.3 is 0 Å². The third kappa shape index (κ3) is 6.05. The summed E-state index contributed by atoms with van der Waals surface area (Å²) in [5.41, 5.74) is 2.22. The fraction of sp³-hybridized carbons (Fsp3) is 0.263. The van der Waals surface area contributed by atoms with E-state index >= 15 is 0 Å². The highest BCUT2D eigenvalue weighted by Gasteiger charge is 1.95. The summed E-state index contributed by atoms with van der Waals surface area (Å²) in [6.45, 7) is 16.0. The van der Waals surface area contributed by atoms with Gasteiger partial charge in [0, 0.05) is 0 Å². The first-order valence-electron chi connectivity index (χ1n) is 6.82. The molecule has 0 aromatic heterocycles. The van der Waals surface area contributed by atoms with E-state index in [9.17, 15) is 0 Å². The molecule has 0 atom stereocenters. The van der Waals surface area contributed by atoms with E-state index in [1.54, 1.807) is 6.08 Å². The van der Waals surface area contributed by atoms with Crippen molar-refractivity contribution in [2.75, 3.05) is 0 Å². The molecular weight excluding hydrogens is 228 g/mol. The van der Waals surface area contributed by atoms with Crippen molar-refractivity contribution in [3.63, 3.8) is 0 Å². The monoisotopic (exact) mass is 254 g/mol. The second kappa shape index (κ2) is 10.1. The first kappa shape index (κ1) is 17.2. The highest BCUT2D eigenvalue weighted by Crippen LogP contribution is 2.07. The third-order valence-corrected chi connectivity index (χ3v) is 2.42. The zero-order valence-corrected chi connectivity index (χ0v) is 12.7. The van der Waals surface area contributed by atoms with Crippen LogP contribution in [0.5, 0.6) is 0 Å². The lowest BCUT2D eigenvalue weighted by molar-refractivity contribution is 1.09. The zero-order valence-electron chi connectivity index (χ0n) is 12.7. The van der Waals surface area contributed by atoms with Gasteiger partial charge in [0.2, 0.25) is 0 Å². The van der Waals surface area contributed by atoms with E-state index in [-0.39, 0.29) is 0 Å². The Labute approximate surface area is 118 Å². The lowest BCUT2D eigenvalue weighted by atomic mass is 10.0. The molecule has 0 bridgehead atoms. The van der Waals surface area contributed by atoms with Crippen molar-refractivity contribution in [3.8, 4) is 0 Å². The summed E-state index contributed by atoms with van der Waals surface area (Å²) in [7, 11) is 0. The van der Waals surface area contributed by atoms with Crippen molar-refractivity contribution in [2.24, 2.45) is 0 Å². The first-order valence-corrected chi connectivity index (χ1v) is 6.82. The molecule has 0 heteroatoms. The lowest BCUT2D eigenvalue weighted by Crippen LogP contribution is -2.25. The Bertz CT molecular complexity index is 542. The minimum Gasteiger partial charge on any atom is -0.0991 e. The van der Waals surface area contributed by atoms with Gasteiger partial charge in [0.05, 0.1) is 0 Å². The molecule has 1 aromatic carbocycles. The Hall–Kier alpha value is -1.82. The van der Waals surface area contributed by atoms with Gasteiger partial charge in [-0.15, -0.1) is 0 Å². The number of allylic oxidation sites excluding steroid dienone is 4. The lowest BCUT2D eigenvalue weighted by Gasteiger charge is -2.01. The SMILES string of the molecule is C=C\C=C/C(C(=C)C)=c1\cccc\c1=C\C.CCC. The topological polar surface area (TPSA) is 0 Å². The predicted molar refractivity (Wildman–Crippen MR) is 89.4 cm³/mol. The van der Waals surface area contributed by atoms with Crippen molar-refractivity contribution >= 4 is 11.6 Å². The van der Waals surface area contributed by atoms with Crippen molar-refractivity contribution < 1.29 is 0 Å². The maximum absolute atomic E-state index is 4.02. The van der Waals surface area contributed by atoms with E-state index in [4.69, 9.17) is 0 Å². The van der Waals surface area contributed by atoms with Gasteiger partial charge in [-0.1, -0.05) is 87.6 Å². The molecule has 1 aromatic rings. The van der Waals surface area contributed by atoms with Gasteiger partial charge in [0.15, 0.2) is 0 Å². The average molecular weight is 254 g/mol. The molecule has 0 aliphatic carbocycles. The number of hydrogen-bond acceptors (Lipinski definition) is 0. The first-order chi connectivity index (χ1) is 9.12. The van der Waals surface area contributed by atoms with E-state index < -0.39 is 0 Å². The summed E-state index contributed by atoms with van der Waals surface area (Å²) >= 11 is 0. The molecule has 0 spiro atoms. The van der Waals surface area contributed by atoms with Crippen molar-refractivity contribution in [1.29, 1.82) is 0 Å². The zero-order chi connectivity index (χ0) is 14.7. The summed E-state index contributed by atoms with van der Waals surface area (Å²) in [5, 5.41) is 2.45. The molecular formula is C19H26. The largest absolute Gasteiger partial charge is 0.0991 e. The van der Waals surface area contributed by atoms with Crippen LogP contribution in [0, 0.1) is 0 Å². The molecule has 0 aliphatic rings. The molecule has 0 N–H and O–H groups in total. The number of hydrogen-bond donors (Lipinski definition) is 0. The van der Waals surface area contributed by atoms with E-state index in [2.05, 4.69) is 51.3 Å². The molecule has 0 heterocycles. The quantitative estimate of drug-likeness (QED) is 0.703. The van der Waals surface area contributed by atoms with Crippen LogP contribution < -0.4 is 10.4 Å². The van der Waals surface area contributed by atoms with E-state index in [1.165, 1.54) is 16.9 Å². The molecule has 0 unspecified atom stereocenters. The molecule has 0 amide bonds. The fourth-order valence-corrected chi connectivity index (χ4v) is 1.62. The summed E-state index contributed by atoms with van der Waals surface area (Å²) in [6, 6.07) is 8.33. The number of benzene rings is 1. The smallest absolute Gasteiger partial charge is 0.0112 e. The van der Waals surface area contributed by atoms with Crippen LogP contribution in [0.2, 0.25) is 0 Å². The highest BCUT2D eigenvalue weighted by atomic mass is 14.0. The van der Waals surface area contributed by atoms with Gasteiger partial charge in [-0.05, 0) is 29.9 Å². The summed E-state index contributed by atoms with van der Waals surface area (Å²) in [4.78, 5) is 0. The second-order valence-corrected chi connectivity index (χ2v) is 4.37. The van der Waals surface area contributed by atoms with Crippen LogP contribution in [0.4, 0.5) is 0 Å². The van der Waals surface area contributed by atoms with Gasteiger partial charge in [0.1, 0.15) is 0 Å². The van der Waals surface area contributed by atoms with Crippen molar-refractivity contribution in [2.45, 2.75) is 34.1 Å². The predicted octanol–water partition coefficient (Wildman–Crippen LogP) is 4.37. The van der Waals surface area contributed by atoms with Crippen LogP contribution in [-0.2, 0) is 0 Å². The van der Waals surface area contributed by atoms with Crippen molar-refractivity contribution in [1.82, 2.24) is 0 Å². The summed E-state index contributed by atoms with van der Waals surface area (Å²) in [5.74, 6) is 0. The average Bonchev–Trinajstić information content (AvgIpc) is 2.40. The Kier molecular flexibility index (Phi) is 9.16. The van der Waals surface area contributed by atoms with Crippen LogP contribution in [0.15, 0.2) is 61.2 Å².